The van der Waals surface area contributed by atoms with E-state index in [1.165, 1.54) is 71.1 Å². The Labute approximate surface area is 274 Å². The van der Waals surface area contributed by atoms with Crippen molar-refractivity contribution in [2.24, 2.45) is 11.3 Å². The summed E-state index contributed by atoms with van der Waals surface area (Å²) in [7, 11) is 0. The Hall–Kier alpha value is -0.747. The molecule has 0 aliphatic heterocycles. The van der Waals surface area contributed by atoms with Crippen LogP contribution in [0.3, 0.4) is 0 Å². The monoisotopic (exact) mass is 654 g/mol. The summed E-state index contributed by atoms with van der Waals surface area (Å²) in [5, 5.41) is 0. The standard InChI is InChI=1S/C21H25.C10H15.C6H10.2ClH.Zr/c1-20(2,3)16-7-9-18-14(12-16)11-15-13-17(21(4,5)6)8-10-19(15)18;1-8-5-6-9(7-8)10(2,3)4;1-2-4-6-5-3-1;;;/h7-10,12H,11H2,1-6H3;6-8H,1-4H3;1-5H2;2*1H;/q2*-1;;;;+2/p-2. The van der Waals surface area contributed by atoms with E-state index in [1.54, 1.807) is 27.4 Å². The van der Waals surface area contributed by atoms with Crippen molar-refractivity contribution in [2.45, 2.75) is 119 Å². The van der Waals surface area contributed by atoms with Gasteiger partial charge in [-0.1, -0.05) is 104 Å². The summed E-state index contributed by atoms with van der Waals surface area (Å²) in [5.74, 6) is 0.522. The van der Waals surface area contributed by atoms with Crippen LogP contribution in [0.1, 0.15) is 124 Å². The third-order valence-electron chi connectivity index (χ3n) is 7.72. The van der Waals surface area contributed by atoms with Crippen LogP contribution >= 0.6 is 0 Å². The molecular weight excluding hydrogens is 607 g/mol. The molecule has 0 heterocycles. The van der Waals surface area contributed by atoms with Crippen molar-refractivity contribution in [3.8, 4) is 11.1 Å². The predicted octanol–water partition coefficient (Wildman–Crippen LogP) is 4.30. The Kier molecular flexibility index (Phi) is 14.1. The molecule has 0 amide bonds. The van der Waals surface area contributed by atoms with E-state index in [2.05, 4.69) is 124 Å². The predicted molar refractivity (Wildman–Crippen MR) is 164 cm³/mol. The number of allylic oxidation sites excluding steroid dienone is 4. The van der Waals surface area contributed by atoms with Crippen molar-refractivity contribution in [3.05, 3.63) is 82.5 Å². The zero-order chi connectivity index (χ0) is 28.3. The zero-order valence-corrected chi connectivity index (χ0v) is 30.6. The van der Waals surface area contributed by atoms with Crippen LogP contribution in [0, 0.1) is 23.5 Å². The SMILES string of the molecule is CC(C)(C)c1[c-]c2c(cc1)-c1ccc(C(C)(C)C)cc1C2.CC1[C-]=CC(C(C)(C)C)=C1.[Cl-].[Cl-].[Zr+2]=[C]1CCCCC1. The van der Waals surface area contributed by atoms with E-state index in [9.17, 15) is 0 Å². The number of hydrogen-bond acceptors (Lipinski definition) is 0. The van der Waals surface area contributed by atoms with E-state index in [0.717, 1.165) is 6.42 Å². The molecule has 0 radical (unpaired) electrons. The minimum atomic E-state index is 0. The Morgan fingerprint density at radius 2 is 1.35 bits per heavy atom. The second-order valence-electron chi connectivity index (χ2n) is 14.4. The Bertz CT molecular complexity index is 1130. The first kappa shape index (κ1) is 37.3. The number of rotatable bonds is 0. The van der Waals surface area contributed by atoms with Crippen LogP contribution in [0.4, 0.5) is 0 Å². The van der Waals surface area contributed by atoms with E-state index < -0.39 is 0 Å². The molecule has 1 saturated carbocycles. The van der Waals surface area contributed by atoms with Crippen molar-refractivity contribution in [1.82, 2.24) is 0 Å². The second kappa shape index (κ2) is 15.1. The summed E-state index contributed by atoms with van der Waals surface area (Å²) in [5.41, 5.74) is 10.4. The molecule has 0 N–H and O–H groups in total. The van der Waals surface area contributed by atoms with Crippen LogP contribution in [0.5, 0.6) is 0 Å². The maximum absolute atomic E-state index is 3.67. The molecule has 1 unspecified atom stereocenters. The fourth-order valence-corrected chi connectivity index (χ4v) is 5.93. The first-order chi connectivity index (χ1) is 17.6. The molecule has 0 nitrogen and oxygen atoms in total. The molecule has 218 valence electrons. The summed E-state index contributed by atoms with van der Waals surface area (Å²) in [6.45, 7) is 22.5. The van der Waals surface area contributed by atoms with Crippen molar-refractivity contribution in [3.63, 3.8) is 0 Å². The molecule has 0 spiro atoms. The summed E-state index contributed by atoms with van der Waals surface area (Å²) in [6.07, 6.45) is 16.0. The fraction of sp³-hybridized carbons (Fsp3) is 0.541. The van der Waals surface area contributed by atoms with Crippen LogP contribution in [0.15, 0.2) is 48.1 Å². The van der Waals surface area contributed by atoms with Gasteiger partial charge in [-0.3, -0.25) is 6.08 Å². The van der Waals surface area contributed by atoms with Crippen molar-refractivity contribution in [2.75, 3.05) is 0 Å². The topological polar surface area (TPSA) is 0 Å². The Morgan fingerprint density at radius 3 is 1.77 bits per heavy atom. The molecule has 2 aromatic carbocycles. The van der Waals surface area contributed by atoms with Crippen molar-refractivity contribution in [1.29, 1.82) is 0 Å². The number of fused-ring (bicyclic) bond motifs is 3. The molecular formula is C37H50Cl2Zr-2. The van der Waals surface area contributed by atoms with Gasteiger partial charge in [-0.25, -0.2) is 6.08 Å². The summed E-state index contributed by atoms with van der Waals surface area (Å²) in [6, 6.07) is 15.2. The maximum atomic E-state index is 3.67. The first-order valence-electron chi connectivity index (χ1n) is 14.6. The molecule has 0 saturated heterocycles. The normalized spacial score (nSPS) is 17.6. The van der Waals surface area contributed by atoms with Gasteiger partial charge in [0, 0.05) is 0 Å². The third kappa shape index (κ3) is 10.5. The Morgan fingerprint density at radius 1 is 0.750 bits per heavy atom. The zero-order valence-electron chi connectivity index (χ0n) is 26.6. The van der Waals surface area contributed by atoms with Crippen LogP contribution < -0.4 is 24.8 Å². The van der Waals surface area contributed by atoms with Crippen molar-refractivity contribution < 1.29 is 49.0 Å². The van der Waals surface area contributed by atoms with Crippen LogP contribution in [0.25, 0.3) is 11.1 Å². The first-order valence-corrected chi connectivity index (χ1v) is 15.9. The van der Waals surface area contributed by atoms with E-state index in [4.69, 9.17) is 0 Å². The molecule has 3 aliphatic carbocycles. The van der Waals surface area contributed by atoms with Gasteiger partial charge in [-0.05, 0) is 28.4 Å². The third-order valence-corrected chi connectivity index (χ3v) is 8.95. The molecule has 3 aliphatic rings. The molecule has 40 heavy (non-hydrogen) atoms. The number of halogens is 2. The Balaban J connectivity index is 0.000000351. The van der Waals surface area contributed by atoms with Gasteiger partial charge in [0.25, 0.3) is 0 Å². The summed E-state index contributed by atoms with van der Waals surface area (Å²) in [4.78, 5) is 0. The summed E-state index contributed by atoms with van der Waals surface area (Å²) < 4.78 is 1.80. The molecule has 1 atom stereocenters. The fourth-order valence-electron chi connectivity index (χ4n) is 5.06. The molecule has 0 bridgehead atoms. The second-order valence-corrected chi connectivity index (χ2v) is 16.2. The molecule has 2 aromatic rings. The van der Waals surface area contributed by atoms with E-state index in [1.807, 2.05) is 0 Å². The minimum absolute atomic E-state index is 0. The van der Waals surface area contributed by atoms with Gasteiger partial charge in [0.15, 0.2) is 0 Å². The quantitative estimate of drug-likeness (QED) is 0.317. The molecule has 1 fully saturated rings. The average Bonchev–Trinajstić information content (AvgIpc) is 3.42. The van der Waals surface area contributed by atoms with Crippen LogP contribution in [0.2, 0.25) is 0 Å². The molecule has 5 rings (SSSR count). The van der Waals surface area contributed by atoms with Crippen molar-refractivity contribution >= 4 is 3.21 Å². The number of hydrogen-bond donors (Lipinski definition) is 0. The molecule has 3 heteroatoms. The van der Waals surface area contributed by atoms with Gasteiger partial charge in [-0.15, -0.1) is 11.1 Å². The van der Waals surface area contributed by atoms with Gasteiger partial charge >= 0.3 is 59.5 Å². The van der Waals surface area contributed by atoms with E-state index in [0.29, 0.717) is 11.3 Å². The average molecular weight is 657 g/mol. The summed E-state index contributed by atoms with van der Waals surface area (Å²) >= 11 is 1.69. The van der Waals surface area contributed by atoms with Crippen LogP contribution in [-0.4, -0.2) is 3.21 Å². The van der Waals surface area contributed by atoms with Crippen LogP contribution in [-0.2, 0) is 41.5 Å². The van der Waals surface area contributed by atoms with Gasteiger partial charge in [-0.2, -0.15) is 35.4 Å². The van der Waals surface area contributed by atoms with E-state index >= 15 is 0 Å². The number of benzene rings is 2. The van der Waals surface area contributed by atoms with E-state index in [-0.39, 0.29) is 35.6 Å². The molecule has 0 aromatic heterocycles. The van der Waals surface area contributed by atoms with Gasteiger partial charge in [0.1, 0.15) is 0 Å². The van der Waals surface area contributed by atoms with Gasteiger partial charge in [0.05, 0.1) is 0 Å². The van der Waals surface area contributed by atoms with Gasteiger partial charge < -0.3 is 24.8 Å². The van der Waals surface area contributed by atoms with Gasteiger partial charge in [0.2, 0.25) is 0 Å².